The Balaban J connectivity index is 2.47. The highest BCUT2D eigenvalue weighted by molar-refractivity contribution is 4.82. The predicted octanol–water partition coefficient (Wildman–Crippen LogP) is -2.23. The topological polar surface area (TPSA) is 95.9 Å². The van der Waals surface area contributed by atoms with E-state index in [0.29, 0.717) is 0 Å². The van der Waals surface area contributed by atoms with Crippen molar-refractivity contribution in [1.82, 2.24) is 0 Å². The first kappa shape index (κ1) is 8.89. The smallest absolute Gasteiger partial charge is 0.172 e. The number of nitrogens with two attached hydrogens (primary N) is 1. The van der Waals surface area contributed by atoms with E-state index in [9.17, 15) is 5.11 Å². The van der Waals surface area contributed by atoms with Crippen LogP contribution in [-0.4, -0.2) is 46.5 Å². The van der Waals surface area contributed by atoms with Gasteiger partial charge in [0.15, 0.2) is 6.29 Å². The molecular formula is C6H13NO4. The molecule has 1 saturated heterocycles. The Hall–Kier alpha value is -0.200. The summed E-state index contributed by atoms with van der Waals surface area (Å²) >= 11 is 0. The molecule has 1 rings (SSSR count). The van der Waals surface area contributed by atoms with Crippen molar-refractivity contribution in [2.24, 2.45) is 5.73 Å². The molecule has 1 aliphatic rings. The summed E-state index contributed by atoms with van der Waals surface area (Å²) < 4.78 is 4.84. The lowest BCUT2D eigenvalue weighted by molar-refractivity contribution is -0.207. The largest absolute Gasteiger partial charge is 0.394 e. The summed E-state index contributed by atoms with van der Waals surface area (Å²) in [6.45, 7) is -0.208. The van der Waals surface area contributed by atoms with Gasteiger partial charge in [-0.15, -0.1) is 0 Å². The van der Waals surface area contributed by atoms with Crippen molar-refractivity contribution in [2.75, 3.05) is 6.61 Å². The molecule has 0 aromatic carbocycles. The van der Waals surface area contributed by atoms with Crippen molar-refractivity contribution < 1.29 is 20.1 Å². The molecule has 3 unspecified atom stereocenters. The number of ether oxygens (including phenoxy) is 1. The Morgan fingerprint density at radius 1 is 1.45 bits per heavy atom. The highest BCUT2D eigenvalue weighted by Gasteiger charge is 2.33. The lowest BCUT2D eigenvalue weighted by Crippen LogP contribution is -2.53. The van der Waals surface area contributed by atoms with Crippen LogP contribution < -0.4 is 5.73 Å². The summed E-state index contributed by atoms with van der Waals surface area (Å²) in [6.07, 6.45) is -2.19. The van der Waals surface area contributed by atoms with E-state index >= 15 is 0 Å². The van der Waals surface area contributed by atoms with E-state index in [1.807, 2.05) is 0 Å². The summed E-state index contributed by atoms with van der Waals surface area (Å²) in [5.41, 5.74) is 5.33. The zero-order valence-electron chi connectivity index (χ0n) is 6.05. The molecule has 5 nitrogen and oxygen atoms in total. The Kier molecular flexibility index (Phi) is 2.80. The maximum absolute atomic E-state index is 9.17. The van der Waals surface area contributed by atoms with E-state index in [1.54, 1.807) is 0 Å². The summed E-state index contributed by atoms with van der Waals surface area (Å²) in [7, 11) is 0. The van der Waals surface area contributed by atoms with Crippen molar-refractivity contribution in [3.63, 3.8) is 0 Å². The van der Waals surface area contributed by atoms with Gasteiger partial charge in [-0.05, 0) is 0 Å². The maximum atomic E-state index is 9.17. The van der Waals surface area contributed by atoms with Gasteiger partial charge in [-0.2, -0.15) is 0 Å². The Labute approximate surface area is 64.4 Å². The maximum Gasteiger partial charge on any atom is 0.172 e. The molecule has 1 heterocycles. The molecule has 4 atom stereocenters. The minimum Gasteiger partial charge on any atom is -0.394 e. The molecule has 0 aliphatic carbocycles. The molecule has 66 valence electrons. The Morgan fingerprint density at radius 2 is 2.09 bits per heavy atom. The predicted molar refractivity (Wildman–Crippen MR) is 36.6 cm³/mol. The molecule has 5 N–H and O–H groups in total. The normalized spacial score (nSPS) is 45.8. The van der Waals surface area contributed by atoms with Gasteiger partial charge in [0.1, 0.15) is 0 Å². The number of aliphatic hydroxyl groups is 3. The van der Waals surface area contributed by atoms with Gasteiger partial charge in [0, 0.05) is 6.42 Å². The summed E-state index contributed by atoms with van der Waals surface area (Å²) in [5, 5.41) is 26.8. The van der Waals surface area contributed by atoms with Crippen LogP contribution in [0.5, 0.6) is 0 Å². The fourth-order valence-corrected chi connectivity index (χ4v) is 1.08. The first-order valence-electron chi connectivity index (χ1n) is 3.53. The fraction of sp³-hybridized carbons (Fsp3) is 1.00. The van der Waals surface area contributed by atoms with E-state index < -0.39 is 24.5 Å². The lowest BCUT2D eigenvalue weighted by atomic mass is 10.0. The second kappa shape index (κ2) is 3.46. The van der Waals surface area contributed by atoms with Gasteiger partial charge in [-0.25, -0.2) is 0 Å². The van der Waals surface area contributed by atoms with Crippen LogP contribution in [0.3, 0.4) is 0 Å². The lowest BCUT2D eigenvalue weighted by Gasteiger charge is -2.34. The molecule has 1 fully saturated rings. The van der Waals surface area contributed by atoms with Crippen molar-refractivity contribution in [3.05, 3.63) is 0 Å². The average Bonchev–Trinajstić information content (AvgIpc) is 1.99. The standard InChI is InChI=1S/C6H13NO4/c7-5-4(9)1-3(2-8)11-6(5)10/h3-6,8-10H,1-2,7H2/t3?,4?,5-,6?/m0/s1. The van der Waals surface area contributed by atoms with Crippen molar-refractivity contribution in [1.29, 1.82) is 0 Å². The van der Waals surface area contributed by atoms with Gasteiger partial charge in [-0.3, -0.25) is 0 Å². The third-order valence-corrected chi connectivity index (χ3v) is 1.81. The summed E-state index contributed by atoms with van der Waals surface area (Å²) in [4.78, 5) is 0. The number of hydrogen-bond acceptors (Lipinski definition) is 5. The number of hydrogen-bond donors (Lipinski definition) is 4. The van der Waals surface area contributed by atoms with Crippen LogP contribution in [0.1, 0.15) is 6.42 Å². The monoisotopic (exact) mass is 163 g/mol. The van der Waals surface area contributed by atoms with E-state index in [2.05, 4.69) is 0 Å². The van der Waals surface area contributed by atoms with Crippen LogP contribution in [0.4, 0.5) is 0 Å². The van der Waals surface area contributed by atoms with Crippen LogP contribution in [0.15, 0.2) is 0 Å². The van der Waals surface area contributed by atoms with E-state index in [1.165, 1.54) is 0 Å². The minimum absolute atomic E-state index is 0.208. The van der Waals surface area contributed by atoms with Crippen molar-refractivity contribution in [2.45, 2.75) is 31.0 Å². The molecular weight excluding hydrogens is 150 g/mol. The number of aliphatic hydroxyl groups excluding tert-OH is 3. The first-order chi connectivity index (χ1) is 5.15. The van der Waals surface area contributed by atoms with Gasteiger partial charge < -0.3 is 25.8 Å². The Bertz CT molecular complexity index is 120. The Morgan fingerprint density at radius 3 is 2.55 bits per heavy atom. The molecule has 1 aliphatic heterocycles. The van der Waals surface area contributed by atoms with Gasteiger partial charge in [-0.1, -0.05) is 0 Å². The van der Waals surface area contributed by atoms with Gasteiger partial charge >= 0.3 is 0 Å². The quantitative estimate of drug-likeness (QED) is 0.351. The first-order valence-corrected chi connectivity index (χ1v) is 3.53. The summed E-state index contributed by atoms with van der Waals surface area (Å²) in [5.74, 6) is 0. The van der Waals surface area contributed by atoms with E-state index in [0.717, 1.165) is 0 Å². The highest BCUT2D eigenvalue weighted by atomic mass is 16.6. The highest BCUT2D eigenvalue weighted by Crippen LogP contribution is 2.16. The molecule has 11 heavy (non-hydrogen) atoms. The third kappa shape index (κ3) is 1.88. The molecule has 0 bridgehead atoms. The van der Waals surface area contributed by atoms with Crippen LogP contribution in [0.25, 0.3) is 0 Å². The molecule has 0 amide bonds. The third-order valence-electron chi connectivity index (χ3n) is 1.81. The van der Waals surface area contributed by atoms with Gasteiger partial charge in [0.2, 0.25) is 0 Å². The van der Waals surface area contributed by atoms with Crippen LogP contribution in [0, 0.1) is 0 Å². The van der Waals surface area contributed by atoms with Crippen LogP contribution in [-0.2, 0) is 4.74 Å². The van der Waals surface area contributed by atoms with Crippen molar-refractivity contribution in [3.8, 4) is 0 Å². The molecule has 0 radical (unpaired) electrons. The molecule has 5 heteroatoms. The van der Waals surface area contributed by atoms with Gasteiger partial charge in [0.05, 0.1) is 24.9 Å². The SMILES string of the molecule is N[C@H]1C(O)CC(CO)OC1O. The van der Waals surface area contributed by atoms with E-state index in [4.69, 9.17) is 20.7 Å². The van der Waals surface area contributed by atoms with Crippen LogP contribution in [0.2, 0.25) is 0 Å². The number of rotatable bonds is 1. The second-order valence-electron chi connectivity index (χ2n) is 2.71. The molecule has 0 spiro atoms. The zero-order chi connectivity index (χ0) is 8.43. The fourth-order valence-electron chi connectivity index (χ4n) is 1.08. The summed E-state index contributed by atoms with van der Waals surface area (Å²) in [6, 6.07) is -0.766. The minimum atomic E-state index is -1.17. The molecule has 0 saturated carbocycles. The zero-order valence-corrected chi connectivity index (χ0v) is 6.05. The van der Waals surface area contributed by atoms with Gasteiger partial charge in [0.25, 0.3) is 0 Å². The second-order valence-corrected chi connectivity index (χ2v) is 2.71. The molecule has 0 aromatic heterocycles. The average molecular weight is 163 g/mol. The van der Waals surface area contributed by atoms with E-state index in [-0.39, 0.29) is 13.0 Å². The van der Waals surface area contributed by atoms with Crippen LogP contribution >= 0.6 is 0 Å². The van der Waals surface area contributed by atoms with Crippen molar-refractivity contribution >= 4 is 0 Å². The molecule has 0 aromatic rings.